The largest absolute Gasteiger partial charge is 0.458 e. The maximum atomic E-state index is 6.08. The number of halogens is 1. The number of nitrogens with zero attached hydrogens (tertiary/aromatic N) is 2. The number of fused-ring (bicyclic) bond motifs is 2. The van der Waals surface area contributed by atoms with Crippen LogP contribution in [0, 0.1) is 0 Å². The second-order valence-electron chi connectivity index (χ2n) is 7.19. The molecule has 2 aliphatic heterocycles. The fraction of sp³-hybridized carbons (Fsp3) is 0.273. The van der Waals surface area contributed by atoms with Gasteiger partial charge in [-0.25, -0.2) is 0 Å². The van der Waals surface area contributed by atoms with Crippen LogP contribution in [0.25, 0.3) is 10.9 Å². The van der Waals surface area contributed by atoms with E-state index in [0.29, 0.717) is 0 Å². The number of aromatic nitrogens is 1. The average Bonchev–Trinajstić information content (AvgIpc) is 3.14. The van der Waals surface area contributed by atoms with E-state index < -0.39 is 0 Å². The van der Waals surface area contributed by atoms with Crippen LogP contribution in [-0.4, -0.2) is 42.6 Å². The summed E-state index contributed by atoms with van der Waals surface area (Å²) in [6.07, 6.45) is 6.31. The molecule has 3 heterocycles. The van der Waals surface area contributed by atoms with Crippen LogP contribution in [-0.2, 0) is 6.42 Å². The summed E-state index contributed by atoms with van der Waals surface area (Å²) in [5.41, 5.74) is 3.57. The highest BCUT2D eigenvalue weighted by molar-refractivity contribution is 6.31. The standard InChI is InChI=1S/C22H22ClN3O2/c23-17-4-5-18-16(15-24-19(18)14-17)6-7-25-8-10-26(11-9-25)20-2-1-3-21-22(20)28-13-12-27-21/h1-5,12-15,24H,6-11H2. The first-order chi connectivity index (χ1) is 13.8. The van der Waals surface area contributed by atoms with Crippen LogP contribution in [0.2, 0.25) is 5.02 Å². The molecule has 1 saturated heterocycles. The fourth-order valence-electron chi connectivity index (χ4n) is 4.02. The van der Waals surface area contributed by atoms with Gasteiger partial charge in [0.15, 0.2) is 11.5 Å². The number of para-hydroxylation sites is 1. The van der Waals surface area contributed by atoms with Crippen LogP contribution in [0.1, 0.15) is 5.56 Å². The molecule has 6 heteroatoms. The summed E-state index contributed by atoms with van der Waals surface area (Å²) >= 11 is 6.08. The number of ether oxygens (including phenoxy) is 2. The Labute approximate surface area is 169 Å². The summed E-state index contributed by atoms with van der Waals surface area (Å²) in [4.78, 5) is 8.24. The molecule has 0 aliphatic carbocycles. The molecular weight excluding hydrogens is 374 g/mol. The van der Waals surface area contributed by atoms with E-state index in [-0.39, 0.29) is 0 Å². The van der Waals surface area contributed by atoms with Crippen molar-refractivity contribution in [2.24, 2.45) is 0 Å². The fourth-order valence-corrected chi connectivity index (χ4v) is 4.19. The molecule has 2 aliphatic rings. The minimum absolute atomic E-state index is 0.769. The Balaban J connectivity index is 1.21. The summed E-state index contributed by atoms with van der Waals surface area (Å²) in [5.74, 6) is 1.60. The zero-order valence-corrected chi connectivity index (χ0v) is 16.3. The number of aromatic amines is 1. The summed E-state index contributed by atoms with van der Waals surface area (Å²) in [6, 6.07) is 12.1. The minimum atomic E-state index is 0.769. The van der Waals surface area contributed by atoms with Crippen LogP contribution in [0.5, 0.6) is 11.5 Å². The quantitative estimate of drug-likeness (QED) is 0.709. The summed E-state index contributed by atoms with van der Waals surface area (Å²) in [7, 11) is 0. The SMILES string of the molecule is Clc1ccc2c(CCN3CCN(c4cccc5c4OC=CO5)CC3)c[nH]c2c1. The number of hydrogen-bond acceptors (Lipinski definition) is 4. The van der Waals surface area contributed by atoms with Gasteiger partial charge >= 0.3 is 0 Å². The van der Waals surface area contributed by atoms with E-state index in [2.05, 4.69) is 33.1 Å². The van der Waals surface area contributed by atoms with Crippen molar-refractivity contribution in [2.75, 3.05) is 37.6 Å². The highest BCUT2D eigenvalue weighted by Gasteiger charge is 2.22. The molecule has 0 unspecified atom stereocenters. The normalized spacial score (nSPS) is 16.7. The van der Waals surface area contributed by atoms with Crippen LogP contribution in [0.4, 0.5) is 5.69 Å². The van der Waals surface area contributed by atoms with Gasteiger partial charge in [0.2, 0.25) is 0 Å². The zero-order valence-electron chi connectivity index (χ0n) is 15.5. The Bertz CT molecular complexity index is 1020. The third-order valence-corrected chi connectivity index (χ3v) is 5.77. The van der Waals surface area contributed by atoms with Crippen molar-refractivity contribution in [1.82, 2.24) is 9.88 Å². The lowest BCUT2D eigenvalue weighted by atomic mass is 10.1. The lowest BCUT2D eigenvalue weighted by Gasteiger charge is -2.37. The van der Waals surface area contributed by atoms with Crippen LogP contribution in [0.15, 0.2) is 55.1 Å². The zero-order chi connectivity index (χ0) is 18.9. The van der Waals surface area contributed by atoms with Gasteiger partial charge in [-0.2, -0.15) is 0 Å². The van der Waals surface area contributed by atoms with Gasteiger partial charge in [0, 0.05) is 54.8 Å². The number of piperazine rings is 1. The van der Waals surface area contributed by atoms with E-state index in [0.717, 1.165) is 66.9 Å². The smallest absolute Gasteiger partial charge is 0.192 e. The molecule has 0 amide bonds. The van der Waals surface area contributed by atoms with E-state index >= 15 is 0 Å². The second-order valence-corrected chi connectivity index (χ2v) is 7.63. The molecular formula is C22H22ClN3O2. The minimum Gasteiger partial charge on any atom is -0.458 e. The number of benzene rings is 2. The van der Waals surface area contributed by atoms with Gasteiger partial charge in [-0.3, -0.25) is 4.90 Å². The molecule has 2 aromatic carbocycles. The van der Waals surface area contributed by atoms with E-state index in [1.807, 2.05) is 24.3 Å². The van der Waals surface area contributed by atoms with Crippen molar-refractivity contribution in [3.63, 3.8) is 0 Å². The van der Waals surface area contributed by atoms with Crippen molar-refractivity contribution in [2.45, 2.75) is 6.42 Å². The first kappa shape index (κ1) is 17.5. The third-order valence-electron chi connectivity index (χ3n) is 5.53. The van der Waals surface area contributed by atoms with Crippen LogP contribution in [0.3, 0.4) is 0 Å². The van der Waals surface area contributed by atoms with Gasteiger partial charge in [-0.05, 0) is 36.2 Å². The Kier molecular flexibility index (Phi) is 4.63. The molecule has 0 spiro atoms. The summed E-state index contributed by atoms with van der Waals surface area (Å²) < 4.78 is 11.3. The summed E-state index contributed by atoms with van der Waals surface area (Å²) in [5, 5.41) is 2.04. The molecule has 1 aromatic heterocycles. The molecule has 0 bridgehead atoms. The lowest BCUT2D eigenvalue weighted by molar-refractivity contribution is 0.260. The molecule has 144 valence electrons. The van der Waals surface area contributed by atoms with Crippen molar-refractivity contribution < 1.29 is 9.47 Å². The second kappa shape index (κ2) is 7.41. The topological polar surface area (TPSA) is 40.7 Å². The van der Waals surface area contributed by atoms with Gasteiger partial charge in [-0.15, -0.1) is 0 Å². The van der Waals surface area contributed by atoms with E-state index in [9.17, 15) is 0 Å². The van der Waals surface area contributed by atoms with Gasteiger partial charge in [0.25, 0.3) is 0 Å². The predicted molar refractivity (Wildman–Crippen MR) is 113 cm³/mol. The first-order valence-corrected chi connectivity index (χ1v) is 10.00. The number of H-pyrrole nitrogens is 1. The molecule has 0 radical (unpaired) electrons. The van der Waals surface area contributed by atoms with Gasteiger partial charge in [-0.1, -0.05) is 23.7 Å². The maximum Gasteiger partial charge on any atom is 0.192 e. The van der Waals surface area contributed by atoms with Crippen LogP contribution < -0.4 is 14.4 Å². The van der Waals surface area contributed by atoms with Crippen molar-refractivity contribution in [1.29, 1.82) is 0 Å². The molecule has 1 N–H and O–H groups in total. The Morgan fingerprint density at radius 3 is 2.75 bits per heavy atom. The molecule has 5 nitrogen and oxygen atoms in total. The highest BCUT2D eigenvalue weighted by atomic mass is 35.5. The summed E-state index contributed by atoms with van der Waals surface area (Å²) in [6.45, 7) is 5.09. The van der Waals surface area contributed by atoms with Crippen LogP contribution >= 0.6 is 11.6 Å². The number of hydrogen-bond donors (Lipinski definition) is 1. The van der Waals surface area contributed by atoms with E-state index in [1.165, 1.54) is 10.9 Å². The van der Waals surface area contributed by atoms with Crippen molar-refractivity contribution in [3.8, 4) is 11.5 Å². The molecule has 5 rings (SSSR count). The Morgan fingerprint density at radius 1 is 1.00 bits per heavy atom. The maximum absolute atomic E-state index is 6.08. The van der Waals surface area contributed by atoms with Gasteiger partial charge in [0.05, 0.1) is 5.69 Å². The molecule has 0 saturated carbocycles. The molecule has 1 fully saturated rings. The Hall–Kier alpha value is -2.63. The number of anilines is 1. The van der Waals surface area contributed by atoms with Gasteiger partial charge < -0.3 is 19.4 Å². The molecule has 28 heavy (non-hydrogen) atoms. The Morgan fingerprint density at radius 2 is 1.86 bits per heavy atom. The highest BCUT2D eigenvalue weighted by Crippen LogP contribution is 2.40. The number of rotatable bonds is 4. The monoisotopic (exact) mass is 395 g/mol. The predicted octanol–water partition coefficient (Wildman–Crippen LogP) is 4.43. The van der Waals surface area contributed by atoms with E-state index in [1.54, 1.807) is 12.5 Å². The average molecular weight is 396 g/mol. The third kappa shape index (κ3) is 3.32. The first-order valence-electron chi connectivity index (χ1n) is 9.62. The number of nitrogens with one attached hydrogen (secondary N) is 1. The van der Waals surface area contributed by atoms with E-state index in [4.69, 9.17) is 21.1 Å². The molecule has 0 atom stereocenters. The van der Waals surface area contributed by atoms with Gasteiger partial charge in [0.1, 0.15) is 12.5 Å². The van der Waals surface area contributed by atoms with Crippen molar-refractivity contribution in [3.05, 3.63) is 65.7 Å². The lowest BCUT2D eigenvalue weighted by Crippen LogP contribution is -2.47. The van der Waals surface area contributed by atoms with Crippen molar-refractivity contribution >= 4 is 28.2 Å². The molecule has 3 aromatic rings.